The van der Waals surface area contributed by atoms with E-state index < -0.39 is 29.0 Å². The minimum Gasteiger partial charge on any atom is -0.438 e. The number of pyridine rings is 1. The van der Waals surface area contributed by atoms with Crippen LogP contribution >= 0.6 is 0 Å². The van der Waals surface area contributed by atoms with Crippen molar-refractivity contribution in [1.82, 2.24) is 19.9 Å². The minimum absolute atomic E-state index is 0.0803. The molecule has 0 bridgehead atoms. The highest BCUT2D eigenvalue weighted by Crippen LogP contribution is 2.36. The Kier molecular flexibility index (Phi) is 9.21. The molecule has 42 heavy (non-hydrogen) atoms. The molecule has 9 nitrogen and oxygen atoms in total. The molecule has 0 aliphatic carbocycles. The van der Waals surface area contributed by atoms with Gasteiger partial charge in [-0.2, -0.15) is 13.2 Å². The molecule has 4 aromatic rings. The largest absolute Gasteiger partial charge is 0.438 e. The molecule has 2 aromatic heterocycles. The number of carbonyl (C=O) groups excluding carboxylic acids is 1. The van der Waals surface area contributed by atoms with Crippen LogP contribution < -0.4 is 20.3 Å². The molecule has 1 amide bonds. The van der Waals surface area contributed by atoms with Gasteiger partial charge in [-0.1, -0.05) is 0 Å². The third kappa shape index (κ3) is 7.29. The van der Waals surface area contributed by atoms with Crippen molar-refractivity contribution in [3.63, 3.8) is 0 Å². The van der Waals surface area contributed by atoms with E-state index in [1.807, 2.05) is 19.0 Å². The monoisotopic (exact) mass is 583 g/mol. The van der Waals surface area contributed by atoms with Crippen molar-refractivity contribution in [2.45, 2.75) is 6.18 Å². The Balaban J connectivity index is 1.64. The van der Waals surface area contributed by atoms with Gasteiger partial charge >= 0.3 is 6.18 Å². The molecule has 0 saturated carbocycles. The molecule has 220 valence electrons. The average molecular weight is 584 g/mol. The average Bonchev–Trinajstić information content (AvgIpc) is 2.96. The molecule has 0 spiro atoms. The van der Waals surface area contributed by atoms with Gasteiger partial charge in [0.1, 0.15) is 11.6 Å². The Labute approximate surface area is 240 Å². The summed E-state index contributed by atoms with van der Waals surface area (Å²) in [6.07, 6.45) is -1.58. The number of nitrogens with zero attached hydrogens (tertiary/aromatic N) is 5. The number of hydrogen-bond acceptors (Lipinski definition) is 8. The van der Waals surface area contributed by atoms with Crippen LogP contribution in [0, 0.1) is 5.82 Å². The summed E-state index contributed by atoms with van der Waals surface area (Å²) >= 11 is 0. The van der Waals surface area contributed by atoms with Crippen LogP contribution in [0.3, 0.4) is 0 Å². The van der Waals surface area contributed by atoms with E-state index in [0.29, 0.717) is 36.0 Å². The van der Waals surface area contributed by atoms with Crippen molar-refractivity contribution in [3.8, 4) is 22.9 Å². The van der Waals surface area contributed by atoms with Crippen LogP contribution in [0.2, 0.25) is 0 Å². The van der Waals surface area contributed by atoms with Crippen molar-refractivity contribution in [2.24, 2.45) is 0 Å². The van der Waals surface area contributed by atoms with Crippen molar-refractivity contribution in [2.75, 3.05) is 56.8 Å². The molecule has 2 heterocycles. The van der Waals surface area contributed by atoms with Crippen molar-refractivity contribution < 1.29 is 27.1 Å². The second kappa shape index (κ2) is 12.8. The number of hydrogen-bond donors (Lipinski definition) is 2. The van der Waals surface area contributed by atoms with E-state index >= 15 is 0 Å². The fourth-order valence-corrected chi connectivity index (χ4v) is 3.96. The number of alkyl halides is 3. The van der Waals surface area contributed by atoms with Crippen LogP contribution in [0.1, 0.15) is 15.9 Å². The normalized spacial score (nSPS) is 11.4. The number of amides is 1. The van der Waals surface area contributed by atoms with Gasteiger partial charge in [-0.3, -0.25) is 4.79 Å². The number of rotatable bonds is 10. The summed E-state index contributed by atoms with van der Waals surface area (Å²) in [6, 6.07) is 11.6. The number of ether oxygens (including phenoxy) is 1. The summed E-state index contributed by atoms with van der Waals surface area (Å²) in [5.41, 5.74) is -0.125. The van der Waals surface area contributed by atoms with Crippen LogP contribution in [0.5, 0.6) is 11.6 Å². The van der Waals surface area contributed by atoms with E-state index in [1.165, 1.54) is 18.3 Å². The van der Waals surface area contributed by atoms with Gasteiger partial charge in [0, 0.05) is 39.6 Å². The zero-order valence-corrected chi connectivity index (χ0v) is 23.3. The minimum atomic E-state index is -4.64. The van der Waals surface area contributed by atoms with Gasteiger partial charge in [-0.15, -0.1) is 0 Å². The van der Waals surface area contributed by atoms with Crippen LogP contribution in [-0.4, -0.2) is 67.0 Å². The van der Waals surface area contributed by atoms with Crippen LogP contribution in [-0.2, 0) is 6.18 Å². The first-order chi connectivity index (χ1) is 20.0. The third-order valence-electron chi connectivity index (χ3n) is 6.19. The maximum Gasteiger partial charge on any atom is 0.416 e. The lowest BCUT2D eigenvalue weighted by Gasteiger charge is -2.25. The number of likely N-dealkylation sites (N-methyl/N-ethyl adjacent to an activating group) is 2. The molecule has 13 heteroatoms. The number of anilines is 3. The fourth-order valence-electron chi connectivity index (χ4n) is 3.96. The first-order valence-corrected chi connectivity index (χ1v) is 12.8. The maximum absolute atomic E-state index is 14.9. The van der Waals surface area contributed by atoms with Crippen LogP contribution in [0.4, 0.5) is 34.9 Å². The van der Waals surface area contributed by atoms with Crippen molar-refractivity contribution in [3.05, 3.63) is 83.9 Å². The lowest BCUT2D eigenvalue weighted by molar-refractivity contribution is -0.137. The predicted octanol–water partition coefficient (Wildman–Crippen LogP) is 5.78. The van der Waals surface area contributed by atoms with E-state index in [0.717, 1.165) is 24.3 Å². The van der Waals surface area contributed by atoms with E-state index in [2.05, 4.69) is 25.6 Å². The van der Waals surface area contributed by atoms with E-state index in [-0.39, 0.29) is 17.3 Å². The number of carbonyl (C=O) groups is 1. The smallest absolute Gasteiger partial charge is 0.416 e. The highest BCUT2D eigenvalue weighted by molar-refractivity contribution is 6.06. The molecule has 0 aliphatic rings. The van der Waals surface area contributed by atoms with Gasteiger partial charge < -0.3 is 25.2 Å². The molecule has 0 atom stereocenters. The molecular formula is C29H29F4N7O2. The van der Waals surface area contributed by atoms with Gasteiger partial charge in [-0.25, -0.2) is 19.3 Å². The molecule has 2 aromatic carbocycles. The molecule has 0 fully saturated rings. The van der Waals surface area contributed by atoms with Crippen LogP contribution in [0.25, 0.3) is 11.3 Å². The molecule has 2 N–H and O–H groups in total. The summed E-state index contributed by atoms with van der Waals surface area (Å²) in [6.45, 7) is 1.08. The molecule has 0 unspecified atom stereocenters. The lowest BCUT2D eigenvalue weighted by Crippen LogP contribution is -2.29. The Morgan fingerprint density at radius 3 is 2.48 bits per heavy atom. The number of aromatic nitrogens is 3. The molecule has 4 rings (SSSR count). The van der Waals surface area contributed by atoms with Gasteiger partial charge in [0.2, 0.25) is 11.8 Å². The quantitative estimate of drug-likeness (QED) is 0.227. The van der Waals surface area contributed by atoms with E-state index in [4.69, 9.17) is 4.74 Å². The van der Waals surface area contributed by atoms with Gasteiger partial charge in [0.05, 0.1) is 33.8 Å². The number of halogens is 4. The van der Waals surface area contributed by atoms with Gasteiger partial charge in [-0.05, 0) is 68.7 Å². The summed E-state index contributed by atoms with van der Waals surface area (Å²) < 4.78 is 61.3. The predicted molar refractivity (Wildman–Crippen MR) is 153 cm³/mol. The Morgan fingerprint density at radius 2 is 1.76 bits per heavy atom. The fraction of sp³-hybridized carbons (Fsp3) is 0.241. The third-order valence-corrected chi connectivity index (χ3v) is 6.19. The molecule has 0 radical (unpaired) electrons. The van der Waals surface area contributed by atoms with E-state index in [9.17, 15) is 22.4 Å². The maximum atomic E-state index is 14.9. The number of nitrogens with one attached hydrogen (secondary N) is 2. The van der Waals surface area contributed by atoms with Crippen LogP contribution in [0.15, 0.2) is 67.0 Å². The summed E-state index contributed by atoms with van der Waals surface area (Å²) in [5.74, 6) is -1.24. The highest BCUT2D eigenvalue weighted by Gasteiger charge is 2.31. The second-order valence-electron chi connectivity index (χ2n) is 9.52. The Hall–Kier alpha value is -4.78. The van der Waals surface area contributed by atoms with Gasteiger partial charge in [0.25, 0.3) is 5.91 Å². The Bertz CT molecular complexity index is 1560. The Morgan fingerprint density at radius 1 is 0.976 bits per heavy atom. The highest BCUT2D eigenvalue weighted by atomic mass is 19.4. The number of benzene rings is 2. The first kappa shape index (κ1) is 30.2. The SMILES string of the molecule is CNc1nccc(-c2cccnc2Oc2ccc(F)c(C(=O)Nc3cc(C(F)(F)F)ccc3N(C)CCN(C)C)c2)n1. The molecule has 0 saturated heterocycles. The van der Waals surface area contributed by atoms with E-state index in [1.54, 1.807) is 43.4 Å². The zero-order chi connectivity index (χ0) is 30.4. The lowest BCUT2D eigenvalue weighted by atomic mass is 10.1. The first-order valence-electron chi connectivity index (χ1n) is 12.8. The summed E-state index contributed by atoms with van der Waals surface area (Å²) in [7, 11) is 7.10. The van der Waals surface area contributed by atoms with Gasteiger partial charge in [0.15, 0.2) is 0 Å². The zero-order valence-electron chi connectivity index (χ0n) is 23.3. The molecule has 0 aliphatic heterocycles. The van der Waals surface area contributed by atoms with Crippen molar-refractivity contribution in [1.29, 1.82) is 0 Å². The summed E-state index contributed by atoms with van der Waals surface area (Å²) in [5, 5.41) is 5.31. The standard InChI is InChI=1S/C29H29F4N7O2/c1-34-28-36-13-11-23(38-28)20-6-5-12-35-27(20)42-19-8-9-22(30)21(17-19)26(41)37-24-16-18(29(31,32)33)7-10-25(24)40(4)15-14-39(2)3/h5-13,16-17H,14-15H2,1-4H3,(H,37,41)(H,34,36,38). The second-order valence-corrected chi connectivity index (χ2v) is 9.52. The topological polar surface area (TPSA) is 95.5 Å². The van der Waals surface area contributed by atoms with Crippen molar-refractivity contribution >= 4 is 23.2 Å². The molecular weight excluding hydrogens is 554 g/mol. The summed E-state index contributed by atoms with van der Waals surface area (Å²) in [4.78, 5) is 29.6.